The Hall–Kier alpha value is -1.16. The number of rotatable bonds is 1. The molecule has 5 heteroatoms. The van der Waals surface area contributed by atoms with Crippen LogP contribution in [0.4, 0.5) is 4.79 Å². The van der Waals surface area contributed by atoms with Crippen molar-refractivity contribution in [3.05, 3.63) is 18.6 Å². The summed E-state index contributed by atoms with van der Waals surface area (Å²) in [6.07, 6.45) is 4.15. The first-order chi connectivity index (χ1) is 4.79. The first-order valence-electron chi connectivity index (χ1n) is 2.42. The molecule has 0 bridgehead atoms. The van der Waals surface area contributed by atoms with Gasteiger partial charge in [-0.05, 0) is 0 Å². The van der Waals surface area contributed by atoms with Gasteiger partial charge in [-0.15, -0.1) is 0 Å². The van der Waals surface area contributed by atoms with E-state index in [0.717, 1.165) is 0 Å². The summed E-state index contributed by atoms with van der Waals surface area (Å²) in [4.78, 5) is 17.4. The fraction of sp³-hybridized carbons (Fsp3) is 0. The lowest BCUT2D eigenvalue weighted by Gasteiger charge is -1.93. The maximum Gasteiger partial charge on any atom is 0.410 e. The summed E-state index contributed by atoms with van der Waals surface area (Å²) in [6.45, 7) is 0. The van der Waals surface area contributed by atoms with E-state index < -0.39 is 5.43 Å². The van der Waals surface area contributed by atoms with Crippen molar-refractivity contribution in [2.24, 2.45) is 0 Å². The fourth-order valence-electron chi connectivity index (χ4n) is 0.420. The molecule has 0 aliphatic carbocycles. The monoisotopic (exact) mass is 158 g/mol. The molecule has 10 heavy (non-hydrogen) atoms. The Morgan fingerprint density at radius 1 is 1.60 bits per heavy atom. The van der Waals surface area contributed by atoms with Gasteiger partial charge in [-0.25, -0.2) is 9.78 Å². The fourth-order valence-corrected chi connectivity index (χ4v) is 0.499. The molecule has 0 N–H and O–H groups in total. The quantitative estimate of drug-likeness (QED) is 0.577. The molecule has 0 atom stereocenters. The standard InChI is InChI=1S/C5H3ClN2O2/c6-5(9)10-4-3-7-1-2-8-4/h1-3H. The van der Waals surface area contributed by atoms with Gasteiger partial charge in [-0.2, -0.15) is 0 Å². The van der Waals surface area contributed by atoms with Crippen LogP contribution in [-0.2, 0) is 0 Å². The molecular formula is C5H3ClN2O2. The number of carbonyl (C=O) groups is 1. The maximum atomic E-state index is 10.1. The van der Waals surface area contributed by atoms with Gasteiger partial charge >= 0.3 is 5.43 Å². The first kappa shape index (κ1) is 6.95. The lowest BCUT2D eigenvalue weighted by Crippen LogP contribution is -1.97. The molecule has 1 aromatic heterocycles. The molecule has 4 nitrogen and oxygen atoms in total. The highest BCUT2D eigenvalue weighted by Gasteiger charge is 1.98. The average Bonchev–Trinajstić information content (AvgIpc) is 1.88. The third-order valence-electron chi connectivity index (χ3n) is 0.724. The van der Waals surface area contributed by atoms with Crippen LogP contribution in [0.1, 0.15) is 0 Å². The van der Waals surface area contributed by atoms with Crippen molar-refractivity contribution in [3.63, 3.8) is 0 Å². The second kappa shape index (κ2) is 3.12. The van der Waals surface area contributed by atoms with Crippen LogP contribution in [0.25, 0.3) is 0 Å². The summed E-state index contributed by atoms with van der Waals surface area (Å²) >= 11 is 4.88. The number of nitrogens with zero attached hydrogens (tertiary/aromatic N) is 2. The van der Waals surface area contributed by atoms with Crippen molar-refractivity contribution in [2.45, 2.75) is 0 Å². The first-order valence-corrected chi connectivity index (χ1v) is 2.80. The van der Waals surface area contributed by atoms with Crippen molar-refractivity contribution in [1.29, 1.82) is 0 Å². The minimum atomic E-state index is -0.916. The summed E-state index contributed by atoms with van der Waals surface area (Å²) in [5.74, 6) is 0.0995. The van der Waals surface area contributed by atoms with Gasteiger partial charge in [0.2, 0.25) is 5.88 Å². The normalized spacial score (nSPS) is 8.90. The van der Waals surface area contributed by atoms with Crippen LogP contribution in [0.3, 0.4) is 0 Å². The molecule has 0 saturated heterocycles. The van der Waals surface area contributed by atoms with Gasteiger partial charge in [0.25, 0.3) is 0 Å². The topological polar surface area (TPSA) is 52.1 Å². The Kier molecular flexibility index (Phi) is 2.17. The van der Waals surface area contributed by atoms with E-state index in [9.17, 15) is 4.79 Å². The van der Waals surface area contributed by atoms with E-state index in [1.165, 1.54) is 18.6 Å². The van der Waals surface area contributed by atoms with E-state index in [1.807, 2.05) is 0 Å². The van der Waals surface area contributed by atoms with Crippen molar-refractivity contribution < 1.29 is 9.53 Å². The number of hydrogen-bond donors (Lipinski definition) is 0. The van der Waals surface area contributed by atoms with Gasteiger partial charge in [0, 0.05) is 24.0 Å². The molecule has 0 aliphatic rings. The molecule has 0 radical (unpaired) electrons. The zero-order valence-corrected chi connectivity index (χ0v) is 5.58. The summed E-state index contributed by atoms with van der Waals surface area (Å²) in [7, 11) is 0. The molecule has 0 aromatic carbocycles. The number of carbonyl (C=O) groups excluding carboxylic acids is 1. The summed E-state index contributed by atoms with van der Waals surface area (Å²) in [6, 6.07) is 0. The zero-order valence-electron chi connectivity index (χ0n) is 4.82. The molecule has 1 rings (SSSR count). The predicted octanol–water partition coefficient (Wildman–Crippen LogP) is 1.21. The minimum absolute atomic E-state index is 0.0995. The third-order valence-corrected chi connectivity index (χ3v) is 0.801. The molecule has 1 aromatic rings. The lowest BCUT2D eigenvalue weighted by atomic mass is 10.7. The van der Waals surface area contributed by atoms with E-state index in [4.69, 9.17) is 11.6 Å². The molecular weight excluding hydrogens is 156 g/mol. The van der Waals surface area contributed by atoms with Crippen LogP contribution in [0, 0.1) is 0 Å². The van der Waals surface area contributed by atoms with Crippen molar-refractivity contribution in [3.8, 4) is 5.88 Å². The largest absolute Gasteiger partial charge is 0.410 e. The van der Waals surface area contributed by atoms with Crippen molar-refractivity contribution in [2.75, 3.05) is 0 Å². The van der Waals surface area contributed by atoms with Crippen LogP contribution in [0.5, 0.6) is 5.88 Å². The van der Waals surface area contributed by atoms with Gasteiger partial charge in [0.15, 0.2) is 0 Å². The zero-order chi connectivity index (χ0) is 7.40. The number of ether oxygens (including phenoxy) is 1. The Labute approximate surface area is 61.8 Å². The van der Waals surface area contributed by atoms with E-state index in [0.29, 0.717) is 0 Å². The summed E-state index contributed by atoms with van der Waals surface area (Å²) in [5.41, 5.74) is -0.916. The van der Waals surface area contributed by atoms with E-state index in [1.54, 1.807) is 0 Å². The van der Waals surface area contributed by atoms with Crippen LogP contribution in [0.15, 0.2) is 18.6 Å². The van der Waals surface area contributed by atoms with Crippen LogP contribution < -0.4 is 4.74 Å². The van der Waals surface area contributed by atoms with E-state index in [-0.39, 0.29) is 5.88 Å². The number of hydrogen-bond acceptors (Lipinski definition) is 4. The second-order valence-corrected chi connectivity index (χ2v) is 1.69. The van der Waals surface area contributed by atoms with Gasteiger partial charge in [-0.1, -0.05) is 0 Å². The Balaban J connectivity index is 2.67. The molecule has 0 aliphatic heterocycles. The van der Waals surface area contributed by atoms with Gasteiger partial charge < -0.3 is 4.74 Å². The smallest absolute Gasteiger partial charge is 0.394 e. The number of halogens is 1. The summed E-state index contributed by atoms with van der Waals surface area (Å²) in [5, 5.41) is 0. The molecule has 0 saturated carbocycles. The third kappa shape index (κ3) is 1.99. The van der Waals surface area contributed by atoms with Gasteiger partial charge in [0.05, 0.1) is 6.20 Å². The molecule has 1 heterocycles. The van der Waals surface area contributed by atoms with E-state index >= 15 is 0 Å². The molecule has 0 amide bonds. The SMILES string of the molecule is O=C(Cl)Oc1cnccn1. The molecule has 52 valence electrons. The second-order valence-electron chi connectivity index (χ2n) is 1.38. The predicted molar refractivity (Wildman–Crippen MR) is 33.9 cm³/mol. The Morgan fingerprint density at radius 3 is 2.90 bits per heavy atom. The molecule has 0 spiro atoms. The highest BCUT2D eigenvalue weighted by molar-refractivity contribution is 6.61. The minimum Gasteiger partial charge on any atom is -0.394 e. The van der Waals surface area contributed by atoms with Crippen LogP contribution in [-0.4, -0.2) is 15.4 Å². The molecule has 0 unspecified atom stereocenters. The van der Waals surface area contributed by atoms with E-state index in [2.05, 4.69) is 14.7 Å². The summed E-state index contributed by atoms with van der Waals surface area (Å²) < 4.78 is 4.37. The highest BCUT2D eigenvalue weighted by Crippen LogP contribution is 2.02. The van der Waals surface area contributed by atoms with Crippen LogP contribution >= 0.6 is 11.6 Å². The Bertz CT molecular complexity index is 226. The highest BCUT2D eigenvalue weighted by atomic mass is 35.5. The van der Waals surface area contributed by atoms with Crippen molar-refractivity contribution in [1.82, 2.24) is 9.97 Å². The molecule has 0 fully saturated rings. The number of aromatic nitrogens is 2. The lowest BCUT2D eigenvalue weighted by molar-refractivity contribution is 0.223. The maximum absolute atomic E-state index is 10.1. The average molecular weight is 159 g/mol. The van der Waals surface area contributed by atoms with Crippen molar-refractivity contribution >= 4 is 17.0 Å². The Morgan fingerprint density at radius 2 is 2.40 bits per heavy atom. The van der Waals surface area contributed by atoms with Crippen LogP contribution in [0.2, 0.25) is 0 Å². The van der Waals surface area contributed by atoms with Gasteiger partial charge in [0.1, 0.15) is 0 Å². The van der Waals surface area contributed by atoms with Gasteiger partial charge in [-0.3, -0.25) is 4.98 Å².